The van der Waals surface area contributed by atoms with E-state index in [-0.39, 0.29) is 17.6 Å². The van der Waals surface area contributed by atoms with Crippen LogP contribution in [-0.4, -0.2) is 27.8 Å². The molecular formula is C26H29N3O2. The molecule has 1 fully saturated rings. The van der Waals surface area contributed by atoms with Crippen molar-refractivity contribution in [3.05, 3.63) is 81.6 Å². The molecule has 5 rings (SSSR count). The SMILES string of the molecule is O=c1c2c(nc(NCCCO)n1Cc1ccccc1)-c1ccccc1CC21CCCC1. The van der Waals surface area contributed by atoms with Crippen LogP contribution >= 0.6 is 0 Å². The van der Waals surface area contributed by atoms with Gasteiger partial charge in [-0.15, -0.1) is 0 Å². The number of aliphatic hydroxyl groups excluding tert-OH is 1. The van der Waals surface area contributed by atoms with E-state index in [1.165, 1.54) is 5.56 Å². The van der Waals surface area contributed by atoms with Crippen LogP contribution in [0, 0.1) is 0 Å². The molecule has 3 aromatic rings. The Morgan fingerprint density at radius 1 is 1.03 bits per heavy atom. The van der Waals surface area contributed by atoms with Gasteiger partial charge in [-0.3, -0.25) is 9.36 Å². The molecular weight excluding hydrogens is 386 g/mol. The molecule has 2 aliphatic carbocycles. The van der Waals surface area contributed by atoms with E-state index in [0.29, 0.717) is 25.5 Å². The van der Waals surface area contributed by atoms with Crippen molar-refractivity contribution in [1.82, 2.24) is 9.55 Å². The van der Waals surface area contributed by atoms with Gasteiger partial charge in [-0.2, -0.15) is 0 Å². The lowest BCUT2D eigenvalue weighted by atomic mass is 9.68. The molecule has 1 heterocycles. The zero-order chi connectivity index (χ0) is 21.3. The second-order valence-electron chi connectivity index (χ2n) is 8.86. The summed E-state index contributed by atoms with van der Waals surface area (Å²) in [5, 5.41) is 12.6. The summed E-state index contributed by atoms with van der Waals surface area (Å²) in [5.74, 6) is 0.589. The average Bonchev–Trinajstić information content (AvgIpc) is 3.25. The number of aromatic nitrogens is 2. The summed E-state index contributed by atoms with van der Waals surface area (Å²) in [4.78, 5) is 19.1. The van der Waals surface area contributed by atoms with Gasteiger partial charge < -0.3 is 10.4 Å². The average molecular weight is 416 g/mol. The predicted octanol–water partition coefficient (Wildman–Crippen LogP) is 4.12. The van der Waals surface area contributed by atoms with E-state index in [0.717, 1.165) is 54.5 Å². The minimum atomic E-state index is -0.101. The molecule has 1 saturated carbocycles. The van der Waals surface area contributed by atoms with E-state index in [1.54, 1.807) is 4.57 Å². The molecule has 5 nitrogen and oxygen atoms in total. The molecule has 0 saturated heterocycles. The van der Waals surface area contributed by atoms with Gasteiger partial charge >= 0.3 is 0 Å². The smallest absolute Gasteiger partial charge is 0.259 e. The number of aliphatic hydroxyl groups is 1. The third-order valence-corrected chi connectivity index (χ3v) is 6.86. The molecule has 2 aliphatic rings. The second-order valence-corrected chi connectivity index (χ2v) is 8.86. The van der Waals surface area contributed by atoms with Crippen molar-refractivity contribution in [2.45, 2.75) is 50.5 Å². The minimum Gasteiger partial charge on any atom is -0.396 e. The van der Waals surface area contributed by atoms with E-state index in [1.807, 2.05) is 36.4 Å². The number of hydrogen-bond donors (Lipinski definition) is 2. The fourth-order valence-corrected chi connectivity index (χ4v) is 5.39. The zero-order valence-electron chi connectivity index (χ0n) is 17.8. The number of benzene rings is 2. The van der Waals surface area contributed by atoms with Crippen molar-refractivity contribution >= 4 is 5.95 Å². The van der Waals surface area contributed by atoms with E-state index < -0.39 is 0 Å². The minimum absolute atomic E-state index is 0.0803. The Hall–Kier alpha value is -2.92. The van der Waals surface area contributed by atoms with Gasteiger partial charge in [0.15, 0.2) is 0 Å². The highest BCUT2D eigenvalue weighted by atomic mass is 16.3. The standard InChI is InChI=1S/C26H29N3O2/c30-16-8-15-27-25-28-23-21-12-5-4-11-20(21)17-26(13-6-7-14-26)22(23)24(31)29(25)18-19-9-2-1-3-10-19/h1-5,9-12,30H,6-8,13-18H2,(H,27,28). The summed E-state index contributed by atoms with van der Waals surface area (Å²) in [7, 11) is 0. The van der Waals surface area contributed by atoms with Gasteiger partial charge in [-0.05, 0) is 36.8 Å². The first-order chi connectivity index (χ1) is 15.2. The molecule has 5 heteroatoms. The van der Waals surface area contributed by atoms with Gasteiger partial charge in [0.25, 0.3) is 5.56 Å². The van der Waals surface area contributed by atoms with Gasteiger partial charge in [0.05, 0.1) is 17.8 Å². The molecule has 0 unspecified atom stereocenters. The summed E-state index contributed by atoms with van der Waals surface area (Å²) in [6, 6.07) is 18.5. The number of fused-ring (bicyclic) bond motifs is 4. The van der Waals surface area contributed by atoms with Crippen molar-refractivity contribution in [2.24, 2.45) is 0 Å². The molecule has 1 spiro atoms. The Balaban J connectivity index is 1.71. The van der Waals surface area contributed by atoms with Crippen molar-refractivity contribution in [3.8, 4) is 11.3 Å². The molecule has 0 bridgehead atoms. The first-order valence-corrected chi connectivity index (χ1v) is 11.3. The topological polar surface area (TPSA) is 67.2 Å². The van der Waals surface area contributed by atoms with Gasteiger partial charge in [0, 0.05) is 24.1 Å². The first kappa shape index (κ1) is 20.0. The molecule has 2 aromatic carbocycles. The molecule has 0 aliphatic heterocycles. The number of anilines is 1. The van der Waals surface area contributed by atoms with Crippen LogP contribution in [0.25, 0.3) is 11.3 Å². The quantitative estimate of drug-likeness (QED) is 0.595. The lowest BCUT2D eigenvalue weighted by Crippen LogP contribution is -2.40. The molecule has 0 amide bonds. The van der Waals surface area contributed by atoms with E-state index >= 15 is 0 Å². The number of nitrogens with one attached hydrogen (secondary N) is 1. The Morgan fingerprint density at radius 2 is 1.77 bits per heavy atom. The van der Waals surface area contributed by atoms with Crippen LogP contribution in [-0.2, 0) is 18.4 Å². The van der Waals surface area contributed by atoms with E-state index in [4.69, 9.17) is 4.98 Å². The number of hydrogen-bond acceptors (Lipinski definition) is 4. The number of rotatable bonds is 6. The highest BCUT2D eigenvalue weighted by Crippen LogP contribution is 2.49. The maximum atomic E-state index is 14.1. The Morgan fingerprint density at radius 3 is 2.55 bits per heavy atom. The lowest BCUT2D eigenvalue weighted by molar-refractivity contribution is 0.292. The van der Waals surface area contributed by atoms with Crippen LogP contribution in [0.1, 0.15) is 48.8 Å². The Kier molecular flexibility index (Phi) is 5.36. The molecule has 1 aromatic heterocycles. The molecule has 0 atom stereocenters. The maximum Gasteiger partial charge on any atom is 0.259 e. The van der Waals surface area contributed by atoms with Crippen molar-refractivity contribution in [1.29, 1.82) is 0 Å². The summed E-state index contributed by atoms with van der Waals surface area (Å²) < 4.78 is 1.81. The van der Waals surface area contributed by atoms with E-state index in [9.17, 15) is 9.90 Å². The van der Waals surface area contributed by atoms with Crippen LogP contribution in [0.3, 0.4) is 0 Å². The van der Waals surface area contributed by atoms with Crippen molar-refractivity contribution < 1.29 is 5.11 Å². The summed E-state index contributed by atoms with van der Waals surface area (Å²) in [6.07, 6.45) is 5.96. The third-order valence-electron chi connectivity index (χ3n) is 6.86. The van der Waals surface area contributed by atoms with Gasteiger partial charge in [-0.1, -0.05) is 67.4 Å². The highest BCUT2D eigenvalue weighted by molar-refractivity contribution is 5.72. The van der Waals surface area contributed by atoms with Crippen LogP contribution < -0.4 is 10.9 Å². The summed E-state index contributed by atoms with van der Waals surface area (Å²) in [6.45, 7) is 1.16. The molecule has 31 heavy (non-hydrogen) atoms. The molecule has 0 radical (unpaired) electrons. The zero-order valence-corrected chi connectivity index (χ0v) is 17.8. The largest absolute Gasteiger partial charge is 0.396 e. The van der Waals surface area contributed by atoms with Gasteiger partial charge in [0.2, 0.25) is 5.95 Å². The van der Waals surface area contributed by atoms with Crippen LogP contribution in [0.15, 0.2) is 59.4 Å². The summed E-state index contributed by atoms with van der Waals surface area (Å²) in [5.41, 5.74) is 5.20. The van der Waals surface area contributed by atoms with Gasteiger partial charge in [0.1, 0.15) is 0 Å². The fraction of sp³-hybridized carbons (Fsp3) is 0.385. The Bertz CT molecular complexity index is 1130. The van der Waals surface area contributed by atoms with Crippen molar-refractivity contribution in [3.63, 3.8) is 0 Å². The van der Waals surface area contributed by atoms with Crippen LogP contribution in [0.2, 0.25) is 0 Å². The lowest BCUT2D eigenvalue weighted by Gasteiger charge is -2.36. The van der Waals surface area contributed by atoms with Crippen LogP contribution in [0.4, 0.5) is 5.95 Å². The summed E-state index contributed by atoms with van der Waals surface area (Å²) >= 11 is 0. The normalized spacial score (nSPS) is 16.2. The monoisotopic (exact) mass is 415 g/mol. The van der Waals surface area contributed by atoms with Gasteiger partial charge in [-0.25, -0.2) is 4.98 Å². The van der Waals surface area contributed by atoms with Crippen molar-refractivity contribution in [2.75, 3.05) is 18.5 Å². The van der Waals surface area contributed by atoms with Crippen LogP contribution in [0.5, 0.6) is 0 Å². The number of nitrogens with zero attached hydrogens (tertiary/aromatic N) is 2. The second kappa shape index (κ2) is 8.31. The predicted molar refractivity (Wildman–Crippen MR) is 124 cm³/mol. The third kappa shape index (κ3) is 3.57. The molecule has 2 N–H and O–H groups in total. The highest BCUT2D eigenvalue weighted by Gasteiger charge is 2.44. The van der Waals surface area contributed by atoms with E-state index in [2.05, 4.69) is 23.5 Å². The maximum absolute atomic E-state index is 14.1. The fourth-order valence-electron chi connectivity index (χ4n) is 5.39. The first-order valence-electron chi connectivity index (χ1n) is 11.3. The Labute approximate surface area is 182 Å². The molecule has 160 valence electrons.